The van der Waals surface area contributed by atoms with Gasteiger partial charge < -0.3 is 15.2 Å². The Labute approximate surface area is 143 Å². The zero-order chi connectivity index (χ0) is 18.4. The monoisotopic (exact) mass is 358 g/mol. The molecule has 0 aliphatic heterocycles. The maximum atomic E-state index is 12.3. The second-order valence-electron chi connectivity index (χ2n) is 6.35. The predicted octanol–water partition coefficient (Wildman–Crippen LogP) is 2.30. The van der Waals surface area contributed by atoms with Crippen molar-refractivity contribution in [3.8, 4) is 0 Å². The van der Waals surface area contributed by atoms with Crippen molar-refractivity contribution in [1.29, 1.82) is 0 Å². The number of sulfonamides is 1. The van der Waals surface area contributed by atoms with Gasteiger partial charge in [0.05, 0.1) is 10.5 Å². The second kappa shape index (κ2) is 8.46. The Kier molecular flexibility index (Phi) is 7.19. The van der Waals surface area contributed by atoms with Crippen LogP contribution in [0.2, 0.25) is 0 Å². The quantitative estimate of drug-likeness (QED) is 0.585. The van der Waals surface area contributed by atoms with Crippen molar-refractivity contribution in [2.45, 2.75) is 44.6 Å². The molecule has 1 rings (SSSR count). The Balaban J connectivity index is 2.97. The number of rotatable bonds is 9. The summed E-state index contributed by atoms with van der Waals surface area (Å²) >= 11 is 0. The molecule has 0 heterocycles. The van der Waals surface area contributed by atoms with Crippen LogP contribution in [0.3, 0.4) is 0 Å². The fraction of sp³-hybridized carbons (Fsp3) is 0.562. The topological polar surface area (TPSA) is 105 Å². The summed E-state index contributed by atoms with van der Waals surface area (Å²) in [5.74, 6) is -1.19. The van der Waals surface area contributed by atoms with Gasteiger partial charge in [-0.2, -0.15) is 0 Å². The van der Waals surface area contributed by atoms with Crippen LogP contribution in [0.5, 0.6) is 0 Å². The lowest BCUT2D eigenvalue weighted by Gasteiger charge is -2.21. The van der Waals surface area contributed by atoms with Gasteiger partial charge in [-0.05, 0) is 52.3 Å². The summed E-state index contributed by atoms with van der Waals surface area (Å²) in [5, 5.41) is 12.4. The van der Waals surface area contributed by atoms with E-state index >= 15 is 0 Å². The number of nitrogens with one attached hydrogen (secondary N) is 2. The van der Waals surface area contributed by atoms with E-state index in [-0.39, 0.29) is 10.5 Å². The molecule has 0 unspecified atom stereocenters. The molecule has 0 saturated heterocycles. The molecular weight excluding hydrogens is 332 g/mol. The first-order chi connectivity index (χ1) is 11.1. The number of aromatic carboxylic acids is 1. The van der Waals surface area contributed by atoms with Crippen molar-refractivity contribution < 1.29 is 23.1 Å². The summed E-state index contributed by atoms with van der Waals surface area (Å²) < 4.78 is 32.4. The van der Waals surface area contributed by atoms with Crippen LogP contribution in [-0.2, 0) is 14.8 Å². The maximum absolute atomic E-state index is 12.3. The summed E-state index contributed by atoms with van der Waals surface area (Å²) in [6.45, 7) is 8.81. The fourth-order valence-corrected chi connectivity index (χ4v) is 3.47. The van der Waals surface area contributed by atoms with E-state index in [0.717, 1.165) is 6.42 Å². The van der Waals surface area contributed by atoms with E-state index in [2.05, 4.69) is 10.0 Å². The van der Waals surface area contributed by atoms with Crippen LogP contribution in [0, 0.1) is 0 Å². The van der Waals surface area contributed by atoms with Crippen LogP contribution in [0.15, 0.2) is 23.1 Å². The summed E-state index contributed by atoms with van der Waals surface area (Å²) in [6, 6.07) is 4.04. The summed E-state index contributed by atoms with van der Waals surface area (Å²) in [5.41, 5.74) is -0.352. The first-order valence-corrected chi connectivity index (χ1v) is 9.28. The van der Waals surface area contributed by atoms with Gasteiger partial charge in [0.1, 0.15) is 0 Å². The molecule has 0 spiro atoms. The van der Waals surface area contributed by atoms with Gasteiger partial charge in [0.25, 0.3) is 0 Å². The van der Waals surface area contributed by atoms with Gasteiger partial charge in [0, 0.05) is 31.0 Å². The number of carbonyl (C=O) groups is 1. The molecule has 1 aromatic rings. The average molecular weight is 358 g/mol. The lowest BCUT2D eigenvalue weighted by atomic mass is 10.1. The van der Waals surface area contributed by atoms with Gasteiger partial charge in [0.2, 0.25) is 10.0 Å². The average Bonchev–Trinajstić information content (AvgIpc) is 2.44. The fourth-order valence-electron chi connectivity index (χ4n) is 2.03. The number of anilines is 1. The third kappa shape index (κ3) is 6.46. The molecule has 0 bridgehead atoms. The molecule has 7 nitrogen and oxygen atoms in total. The van der Waals surface area contributed by atoms with Crippen LogP contribution < -0.4 is 10.0 Å². The van der Waals surface area contributed by atoms with Crippen molar-refractivity contribution in [2.24, 2.45) is 0 Å². The highest BCUT2D eigenvalue weighted by Gasteiger charge is 2.24. The molecule has 0 radical (unpaired) electrons. The molecule has 0 saturated carbocycles. The molecule has 0 atom stereocenters. The molecule has 0 amide bonds. The van der Waals surface area contributed by atoms with Crippen molar-refractivity contribution in [3.63, 3.8) is 0 Å². The molecule has 0 fully saturated rings. The van der Waals surface area contributed by atoms with E-state index < -0.39 is 21.5 Å². The Morgan fingerprint density at radius 3 is 2.50 bits per heavy atom. The minimum Gasteiger partial charge on any atom is -0.478 e. The third-order valence-corrected chi connectivity index (χ3v) is 4.71. The number of benzene rings is 1. The number of hydrogen-bond acceptors (Lipinski definition) is 5. The zero-order valence-corrected chi connectivity index (χ0v) is 15.4. The molecular formula is C16H26N2O5S. The SMILES string of the molecule is CCOCCCNc1ccc(S(=O)(=O)NC(C)(C)C)cc1C(=O)O. The molecule has 0 aromatic heterocycles. The Hall–Kier alpha value is -1.64. The lowest BCUT2D eigenvalue weighted by Crippen LogP contribution is -2.40. The second-order valence-corrected chi connectivity index (χ2v) is 8.03. The van der Waals surface area contributed by atoms with E-state index in [9.17, 15) is 18.3 Å². The highest BCUT2D eigenvalue weighted by atomic mass is 32.2. The highest BCUT2D eigenvalue weighted by molar-refractivity contribution is 7.89. The van der Waals surface area contributed by atoms with Gasteiger partial charge in [-0.25, -0.2) is 17.9 Å². The van der Waals surface area contributed by atoms with E-state index in [1.807, 2.05) is 6.92 Å². The maximum Gasteiger partial charge on any atom is 0.337 e. The van der Waals surface area contributed by atoms with Gasteiger partial charge in [-0.1, -0.05) is 0 Å². The molecule has 0 aliphatic rings. The first-order valence-electron chi connectivity index (χ1n) is 7.80. The number of carboxylic acids is 1. The highest BCUT2D eigenvalue weighted by Crippen LogP contribution is 2.22. The standard InChI is InChI=1S/C16H26N2O5S/c1-5-23-10-6-9-17-14-8-7-12(11-13(14)15(19)20)24(21,22)18-16(2,3)4/h7-8,11,17-18H,5-6,9-10H2,1-4H3,(H,19,20). The smallest absolute Gasteiger partial charge is 0.337 e. The molecule has 136 valence electrons. The van der Waals surface area contributed by atoms with E-state index in [4.69, 9.17) is 4.74 Å². The normalized spacial score (nSPS) is 12.2. The van der Waals surface area contributed by atoms with Gasteiger partial charge in [-0.15, -0.1) is 0 Å². The van der Waals surface area contributed by atoms with Gasteiger partial charge in [0.15, 0.2) is 0 Å². The Morgan fingerprint density at radius 1 is 1.29 bits per heavy atom. The first kappa shape index (κ1) is 20.4. The van der Waals surface area contributed by atoms with Crippen molar-refractivity contribution in [1.82, 2.24) is 4.72 Å². The van der Waals surface area contributed by atoms with Crippen LogP contribution >= 0.6 is 0 Å². The Bertz CT molecular complexity index is 666. The molecule has 1 aromatic carbocycles. The van der Waals surface area contributed by atoms with Crippen LogP contribution in [0.1, 0.15) is 44.5 Å². The van der Waals surface area contributed by atoms with Crippen LogP contribution in [0.4, 0.5) is 5.69 Å². The molecule has 24 heavy (non-hydrogen) atoms. The lowest BCUT2D eigenvalue weighted by molar-refractivity contribution is 0.0697. The summed E-state index contributed by atoms with van der Waals surface area (Å²) in [7, 11) is -3.78. The van der Waals surface area contributed by atoms with Gasteiger partial charge in [-0.3, -0.25) is 0 Å². The van der Waals surface area contributed by atoms with E-state index in [0.29, 0.717) is 25.4 Å². The van der Waals surface area contributed by atoms with Crippen molar-refractivity contribution in [3.05, 3.63) is 23.8 Å². The number of hydrogen-bond donors (Lipinski definition) is 3. The molecule has 8 heteroatoms. The van der Waals surface area contributed by atoms with Gasteiger partial charge >= 0.3 is 5.97 Å². The van der Waals surface area contributed by atoms with Crippen molar-refractivity contribution >= 4 is 21.7 Å². The summed E-state index contributed by atoms with van der Waals surface area (Å²) in [6.07, 6.45) is 0.721. The van der Waals surface area contributed by atoms with E-state index in [1.54, 1.807) is 20.8 Å². The summed E-state index contributed by atoms with van der Waals surface area (Å²) in [4.78, 5) is 11.4. The molecule has 0 aliphatic carbocycles. The number of ether oxygens (including phenoxy) is 1. The zero-order valence-electron chi connectivity index (χ0n) is 14.5. The van der Waals surface area contributed by atoms with E-state index in [1.165, 1.54) is 18.2 Å². The largest absolute Gasteiger partial charge is 0.478 e. The Morgan fingerprint density at radius 2 is 1.96 bits per heavy atom. The number of carboxylic acid groups (broad SMARTS) is 1. The molecule has 3 N–H and O–H groups in total. The third-order valence-electron chi connectivity index (χ3n) is 2.96. The predicted molar refractivity (Wildman–Crippen MR) is 93.1 cm³/mol. The minimum atomic E-state index is -3.78. The van der Waals surface area contributed by atoms with Crippen molar-refractivity contribution in [2.75, 3.05) is 25.1 Å². The van der Waals surface area contributed by atoms with Crippen LogP contribution in [-0.4, -0.2) is 44.8 Å². The minimum absolute atomic E-state index is 0.0744. The van der Waals surface area contributed by atoms with Crippen LogP contribution in [0.25, 0.3) is 0 Å².